The summed E-state index contributed by atoms with van der Waals surface area (Å²) >= 11 is -1.43. The van der Waals surface area contributed by atoms with Gasteiger partial charge in [0.1, 0.15) is 6.10 Å². The Balaban J connectivity index is 1.84. The van der Waals surface area contributed by atoms with Gasteiger partial charge in [0.15, 0.2) is 16.8 Å². The van der Waals surface area contributed by atoms with E-state index in [-0.39, 0.29) is 5.91 Å². The predicted octanol–water partition coefficient (Wildman–Crippen LogP) is 0.862. The van der Waals surface area contributed by atoms with Crippen molar-refractivity contribution >= 4 is 23.1 Å². The van der Waals surface area contributed by atoms with Crippen molar-refractivity contribution in [2.75, 3.05) is 0 Å². The highest BCUT2D eigenvalue weighted by molar-refractivity contribution is 7.94. The lowest BCUT2D eigenvalue weighted by Gasteiger charge is -2.39. The Morgan fingerprint density at radius 3 is 2.67 bits per heavy atom. The molecule has 2 saturated heterocycles. The van der Waals surface area contributed by atoms with Gasteiger partial charge in [-0.15, -0.1) is 0 Å². The van der Waals surface area contributed by atoms with Gasteiger partial charge >= 0.3 is 5.97 Å². The van der Waals surface area contributed by atoms with Crippen LogP contribution >= 0.6 is 0 Å². The van der Waals surface area contributed by atoms with E-state index in [1.165, 1.54) is 11.0 Å². The number of rotatable bonds is 4. The van der Waals surface area contributed by atoms with Crippen LogP contribution in [-0.2, 0) is 25.5 Å². The van der Waals surface area contributed by atoms with Gasteiger partial charge in [-0.1, -0.05) is 36.9 Å². The average Bonchev–Trinajstić information content (AvgIpc) is 2.77. The van der Waals surface area contributed by atoms with Crippen molar-refractivity contribution in [3.63, 3.8) is 0 Å². The summed E-state index contributed by atoms with van der Waals surface area (Å²) in [5.74, 6) is -0.958. The highest BCUT2D eigenvalue weighted by atomic mass is 32.2. The summed E-state index contributed by atoms with van der Waals surface area (Å²) in [7, 11) is 0. The molecule has 1 aromatic carbocycles. The van der Waals surface area contributed by atoms with Crippen LogP contribution in [0.5, 0.6) is 0 Å². The molecule has 2 fully saturated rings. The number of hydrogen-bond acceptors (Lipinski definition) is 5. The standard InChI is InChI=1S/C17H20N2O4S/c1-4-11(10-8-6-5-7-9-10)23-16(21)13-17(2,3)24(22)15-12(18)14(20)19(13)15/h4-9,11-13,15H,1,18H2,2-3H3/t11?,12-,13+,15-,24?/m1/s1. The fourth-order valence-corrected chi connectivity index (χ4v) is 5.13. The fraction of sp³-hybridized carbons (Fsp3) is 0.412. The molecular formula is C17H20N2O4S. The number of benzene rings is 1. The Bertz CT molecular complexity index is 678. The van der Waals surface area contributed by atoms with E-state index >= 15 is 0 Å². The molecule has 2 aliphatic heterocycles. The molecule has 1 aromatic rings. The van der Waals surface area contributed by atoms with Crippen LogP contribution in [0, 0.1) is 0 Å². The van der Waals surface area contributed by atoms with E-state index in [0.29, 0.717) is 0 Å². The molecule has 7 heteroatoms. The molecule has 5 atom stereocenters. The normalized spacial score (nSPS) is 31.8. The molecule has 0 radical (unpaired) electrons. The lowest BCUT2D eigenvalue weighted by atomic mass is 9.96. The monoisotopic (exact) mass is 348 g/mol. The number of esters is 1. The summed E-state index contributed by atoms with van der Waals surface area (Å²) in [6, 6.07) is 7.45. The van der Waals surface area contributed by atoms with Crippen LogP contribution in [0.2, 0.25) is 0 Å². The van der Waals surface area contributed by atoms with Gasteiger partial charge < -0.3 is 15.0 Å². The molecule has 1 amide bonds. The number of carbonyl (C=O) groups excluding carboxylic acids is 2. The second-order valence-corrected chi connectivity index (χ2v) is 8.60. The zero-order valence-corrected chi connectivity index (χ0v) is 14.4. The van der Waals surface area contributed by atoms with E-state index in [1.54, 1.807) is 13.8 Å². The maximum atomic E-state index is 12.8. The third kappa shape index (κ3) is 2.35. The quantitative estimate of drug-likeness (QED) is 0.377. The number of β-lactam (4-membered cyclic amide) rings is 1. The van der Waals surface area contributed by atoms with Crippen molar-refractivity contribution in [2.45, 2.75) is 42.2 Å². The third-order valence-corrected chi connectivity index (χ3v) is 6.82. The van der Waals surface area contributed by atoms with E-state index in [4.69, 9.17) is 10.5 Å². The van der Waals surface area contributed by atoms with Gasteiger partial charge in [-0.3, -0.25) is 9.69 Å². The van der Waals surface area contributed by atoms with Gasteiger partial charge in [0.2, 0.25) is 5.37 Å². The molecule has 0 bridgehead atoms. The van der Waals surface area contributed by atoms with Crippen molar-refractivity contribution in [1.82, 2.24) is 4.90 Å². The molecule has 0 spiro atoms. The second-order valence-electron chi connectivity index (χ2n) is 6.47. The first-order valence-corrected chi connectivity index (χ1v) is 8.88. The smallest absolute Gasteiger partial charge is 0.335 e. The lowest BCUT2D eigenvalue weighted by molar-refractivity contribution is -0.165. The van der Waals surface area contributed by atoms with Crippen LogP contribution < -0.4 is 5.73 Å². The van der Waals surface area contributed by atoms with Gasteiger partial charge in [-0.2, -0.15) is 0 Å². The molecule has 2 heterocycles. The van der Waals surface area contributed by atoms with Gasteiger partial charge in [0.25, 0.3) is 5.91 Å². The molecule has 0 aliphatic carbocycles. The van der Waals surface area contributed by atoms with Gasteiger partial charge in [0, 0.05) is 0 Å². The number of ether oxygens (including phenoxy) is 1. The predicted molar refractivity (Wildman–Crippen MR) is 90.1 cm³/mol. The van der Waals surface area contributed by atoms with E-state index in [9.17, 15) is 14.1 Å². The Hall–Kier alpha value is -1.83. The minimum absolute atomic E-state index is 0.365. The number of carbonyl (C=O) groups is 2. The number of amides is 1. The first-order chi connectivity index (χ1) is 11.3. The SMILES string of the molecule is C=CC(OC(=O)[C@@H]1N2C(=O)[C@@H](N)[C@H]2[S+]([O-])C1(C)C)c1ccccc1. The van der Waals surface area contributed by atoms with Crippen molar-refractivity contribution in [1.29, 1.82) is 0 Å². The van der Waals surface area contributed by atoms with Crippen molar-refractivity contribution in [3.8, 4) is 0 Å². The Labute approximate surface area is 143 Å². The molecule has 128 valence electrons. The topological polar surface area (TPSA) is 95.7 Å². The largest absolute Gasteiger partial charge is 0.614 e. The van der Waals surface area contributed by atoms with Crippen molar-refractivity contribution < 1.29 is 18.9 Å². The zero-order chi connectivity index (χ0) is 17.6. The first kappa shape index (κ1) is 17.0. The van der Waals surface area contributed by atoms with Crippen LogP contribution in [0.3, 0.4) is 0 Å². The summed E-state index contributed by atoms with van der Waals surface area (Å²) < 4.78 is 17.2. The summed E-state index contributed by atoms with van der Waals surface area (Å²) in [5, 5.41) is -0.621. The number of fused-ring (bicyclic) bond motifs is 1. The van der Waals surface area contributed by atoms with Gasteiger partial charge in [0.05, 0.1) is 0 Å². The summed E-state index contributed by atoms with van der Waals surface area (Å²) in [6.07, 6.45) is 0.889. The second kappa shape index (κ2) is 5.91. The summed E-state index contributed by atoms with van der Waals surface area (Å²) in [6.45, 7) is 7.09. The summed E-state index contributed by atoms with van der Waals surface area (Å²) in [5.41, 5.74) is 6.53. The van der Waals surface area contributed by atoms with Crippen molar-refractivity contribution in [3.05, 3.63) is 48.6 Å². The number of hydrogen-bond donors (Lipinski definition) is 1. The van der Waals surface area contributed by atoms with Crippen LogP contribution in [0.4, 0.5) is 0 Å². The Kier molecular flexibility index (Phi) is 4.19. The molecule has 2 N–H and O–H groups in total. The Morgan fingerprint density at radius 2 is 2.08 bits per heavy atom. The van der Waals surface area contributed by atoms with Crippen LogP contribution in [-0.4, -0.2) is 43.5 Å². The molecule has 0 aromatic heterocycles. The summed E-state index contributed by atoms with van der Waals surface area (Å²) in [4.78, 5) is 26.1. The molecule has 0 saturated carbocycles. The molecule has 6 nitrogen and oxygen atoms in total. The highest BCUT2D eigenvalue weighted by Crippen LogP contribution is 2.46. The van der Waals surface area contributed by atoms with E-state index in [0.717, 1.165) is 5.56 Å². The molecule has 2 unspecified atom stereocenters. The fourth-order valence-electron chi connectivity index (χ4n) is 3.26. The third-order valence-electron chi connectivity index (χ3n) is 4.60. The Morgan fingerprint density at radius 1 is 1.46 bits per heavy atom. The van der Waals surface area contributed by atoms with E-state index < -0.39 is 45.5 Å². The highest BCUT2D eigenvalue weighted by Gasteiger charge is 2.72. The van der Waals surface area contributed by atoms with Crippen LogP contribution in [0.15, 0.2) is 43.0 Å². The molecule has 2 aliphatic rings. The molecule has 3 rings (SSSR count). The first-order valence-electron chi connectivity index (χ1n) is 7.67. The van der Waals surface area contributed by atoms with Gasteiger partial charge in [-0.25, -0.2) is 4.79 Å². The van der Waals surface area contributed by atoms with Gasteiger partial charge in [-0.05, 0) is 36.7 Å². The maximum Gasteiger partial charge on any atom is 0.335 e. The van der Waals surface area contributed by atoms with E-state index in [1.807, 2.05) is 30.3 Å². The van der Waals surface area contributed by atoms with Crippen LogP contribution in [0.25, 0.3) is 0 Å². The lowest BCUT2D eigenvalue weighted by Crippen LogP contribution is -2.70. The zero-order valence-electron chi connectivity index (χ0n) is 13.5. The average molecular weight is 348 g/mol. The minimum Gasteiger partial charge on any atom is -0.614 e. The van der Waals surface area contributed by atoms with Crippen LogP contribution in [0.1, 0.15) is 25.5 Å². The number of nitrogens with two attached hydrogens (primary N) is 1. The molecule has 24 heavy (non-hydrogen) atoms. The molecular weight excluding hydrogens is 328 g/mol. The minimum atomic E-state index is -1.43. The maximum absolute atomic E-state index is 12.8. The van der Waals surface area contributed by atoms with Crippen molar-refractivity contribution in [2.24, 2.45) is 5.73 Å². The van der Waals surface area contributed by atoms with E-state index in [2.05, 4.69) is 6.58 Å². The number of nitrogens with zero attached hydrogens (tertiary/aromatic N) is 1.